The molecule has 0 amide bonds. The number of anilines is 1. The summed E-state index contributed by atoms with van der Waals surface area (Å²) in [5.74, 6) is 2.01. The fraction of sp³-hybridized carbons (Fsp3) is 0.154. The summed E-state index contributed by atoms with van der Waals surface area (Å²) in [5.41, 5.74) is 0.738. The van der Waals surface area contributed by atoms with Crippen LogP contribution in [-0.2, 0) is 0 Å². The fourth-order valence-electron chi connectivity index (χ4n) is 1.75. The molecule has 0 bridgehead atoms. The number of aromatic nitrogens is 6. The second kappa shape index (κ2) is 5.53. The molecule has 3 aromatic heterocycles. The van der Waals surface area contributed by atoms with E-state index in [4.69, 9.17) is 4.74 Å². The van der Waals surface area contributed by atoms with Crippen molar-refractivity contribution in [1.29, 1.82) is 0 Å². The molecule has 3 rings (SSSR count). The summed E-state index contributed by atoms with van der Waals surface area (Å²) in [6, 6.07) is 3.62. The molecule has 0 aliphatic carbocycles. The van der Waals surface area contributed by atoms with Gasteiger partial charge in [0.1, 0.15) is 5.75 Å². The average Bonchev–Trinajstić information content (AvgIpc) is 3.09. The lowest BCUT2D eigenvalue weighted by Crippen LogP contribution is -2.08. The van der Waals surface area contributed by atoms with Gasteiger partial charge in [0.05, 0.1) is 13.3 Å². The van der Waals surface area contributed by atoms with Gasteiger partial charge in [-0.05, 0) is 12.1 Å². The van der Waals surface area contributed by atoms with Gasteiger partial charge >= 0.3 is 0 Å². The molecule has 0 unspecified atom stereocenters. The van der Waals surface area contributed by atoms with E-state index in [1.54, 1.807) is 49.7 Å². The zero-order valence-electron chi connectivity index (χ0n) is 11.6. The Hall–Kier alpha value is -3.03. The van der Waals surface area contributed by atoms with E-state index in [1.165, 1.54) is 0 Å². The molecule has 0 radical (unpaired) electrons. The van der Waals surface area contributed by atoms with Crippen LogP contribution in [0.3, 0.4) is 0 Å². The number of hydrogen-bond donors (Lipinski definition) is 1. The maximum atomic E-state index is 5.17. The molecule has 0 aromatic carbocycles. The van der Waals surface area contributed by atoms with Gasteiger partial charge in [-0.15, -0.1) is 0 Å². The van der Waals surface area contributed by atoms with Crippen LogP contribution in [0.4, 0.5) is 5.95 Å². The van der Waals surface area contributed by atoms with E-state index >= 15 is 0 Å². The molecule has 0 aliphatic rings. The summed E-state index contributed by atoms with van der Waals surface area (Å²) in [6.07, 6.45) is 6.72. The summed E-state index contributed by atoms with van der Waals surface area (Å²) in [6.45, 7) is 0. The first-order chi connectivity index (χ1) is 10.3. The quantitative estimate of drug-likeness (QED) is 0.768. The van der Waals surface area contributed by atoms with Crippen LogP contribution in [-0.4, -0.2) is 43.9 Å². The fourth-order valence-corrected chi connectivity index (χ4v) is 1.75. The van der Waals surface area contributed by atoms with Gasteiger partial charge < -0.3 is 10.1 Å². The number of pyridine rings is 1. The van der Waals surface area contributed by atoms with Crippen molar-refractivity contribution < 1.29 is 4.74 Å². The maximum absolute atomic E-state index is 5.17. The molecule has 8 heteroatoms. The van der Waals surface area contributed by atoms with E-state index in [-0.39, 0.29) is 0 Å². The Morgan fingerprint density at radius 3 is 2.81 bits per heavy atom. The van der Waals surface area contributed by atoms with Crippen molar-refractivity contribution in [3.8, 4) is 23.1 Å². The van der Waals surface area contributed by atoms with Crippen LogP contribution in [0.15, 0.2) is 36.9 Å². The van der Waals surface area contributed by atoms with Crippen LogP contribution in [0.2, 0.25) is 0 Å². The van der Waals surface area contributed by atoms with Crippen LogP contribution < -0.4 is 10.1 Å². The molecule has 3 aromatic rings. The van der Waals surface area contributed by atoms with E-state index in [2.05, 4.69) is 30.4 Å². The predicted molar refractivity (Wildman–Crippen MR) is 76.3 cm³/mol. The van der Waals surface area contributed by atoms with Gasteiger partial charge in [0.25, 0.3) is 5.95 Å². The zero-order valence-corrected chi connectivity index (χ0v) is 11.6. The van der Waals surface area contributed by atoms with Gasteiger partial charge in [0.2, 0.25) is 5.95 Å². The van der Waals surface area contributed by atoms with Crippen LogP contribution in [0.5, 0.6) is 5.75 Å². The Morgan fingerprint density at radius 1 is 1.19 bits per heavy atom. The molecule has 0 atom stereocenters. The van der Waals surface area contributed by atoms with Crippen molar-refractivity contribution in [3.63, 3.8) is 0 Å². The van der Waals surface area contributed by atoms with Gasteiger partial charge in [0.15, 0.2) is 5.82 Å². The number of rotatable bonds is 4. The summed E-state index contributed by atoms with van der Waals surface area (Å²) in [7, 11) is 3.33. The van der Waals surface area contributed by atoms with Crippen molar-refractivity contribution in [1.82, 2.24) is 29.7 Å². The van der Waals surface area contributed by atoms with Crippen molar-refractivity contribution >= 4 is 5.95 Å². The second-order valence-corrected chi connectivity index (χ2v) is 4.10. The molecule has 106 valence electrons. The van der Waals surface area contributed by atoms with E-state index in [0.29, 0.717) is 23.5 Å². The molecular weight excluding hydrogens is 270 g/mol. The largest absolute Gasteiger partial charge is 0.495 e. The van der Waals surface area contributed by atoms with Gasteiger partial charge in [-0.2, -0.15) is 20.1 Å². The first-order valence-corrected chi connectivity index (χ1v) is 6.23. The predicted octanol–water partition coefficient (Wildman–Crippen LogP) is 1.17. The lowest BCUT2D eigenvalue weighted by atomic mass is 10.2. The van der Waals surface area contributed by atoms with E-state index in [9.17, 15) is 0 Å². The standard InChI is InChI=1S/C13H13N7O/c1-14-12-17-11(9-6-10(21-2)8-15-7-9)18-13(19-12)20-5-3-4-16-20/h3-8H,1-2H3,(H,14,17,18,19). The maximum Gasteiger partial charge on any atom is 0.255 e. The summed E-state index contributed by atoms with van der Waals surface area (Å²) in [5, 5.41) is 7.04. The third-order valence-corrected chi connectivity index (χ3v) is 2.76. The molecule has 8 nitrogen and oxygen atoms in total. The second-order valence-electron chi connectivity index (χ2n) is 4.10. The number of ether oxygens (including phenoxy) is 1. The minimum atomic E-state index is 0.428. The number of methoxy groups -OCH3 is 1. The number of nitrogens with one attached hydrogen (secondary N) is 1. The van der Waals surface area contributed by atoms with Gasteiger partial charge in [-0.25, -0.2) is 4.68 Å². The third kappa shape index (κ3) is 2.64. The minimum Gasteiger partial charge on any atom is -0.495 e. The van der Waals surface area contributed by atoms with Crippen molar-refractivity contribution in [2.45, 2.75) is 0 Å². The van der Waals surface area contributed by atoms with Gasteiger partial charge in [-0.3, -0.25) is 4.98 Å². The molecule has 0 fully saturated rings. The lowest BCUT2D eigenvalue weighted by Gasteiger charge is -2.07. The normalized spacial score (nSPS) is 10.4. The minimum absolute atomic E-state index is 0.428. The molecule has 1 N–H and O–H groups in total. The highest BCUT2D eigenvalue weighted by atomic mass is 16.5. The average molecular weight is 283 g/mol. The Morgan fingerprint density at radius 2 is 2.10 bits per heavy atom. The molecule has 3 heterocycles. The van der Waals surface area contributed by atoms with Crippen LogP contribution >= 0.6 is 0 Å². The Balaban J connectivity index is 2.11. The monoisotopic (exact) mass is 283 g/mol. The summed E-state index contributed by atoms with van der Waals surface area (Å²) < 4.78 is 6.74. The Bertz CT molecular complexity index is 742. The van der Waals surface area contributed by atoms with Crippen molar-refractivity contribution in [3.05, 3.63) is 36.9 Å². The van der Waals surface area contributed by atoms with Gasteiger partial charge in [-0.1, -0.05) is 0 Å². The smallest absolute Gasteiger partial charge is 0.255 e. The Labute approximate surface area is 120 Å². The van der Waals surface area contributed by atoms with E-state index in [1.807, 2.05) is 6.07 Å². The first-order valence-electron chi connectivity index (χ1n) is 6.23. The SMILES string of the molecule is CNc1nc(-c2cncc(OC)c2)nc(-n2cccn2)n1. The molecule has 0 spiro atoms. The Kier molecular flexibility index (Phi) is 3.42. The number of hydrogen-bond acceptors (Lipinski definition) is 7. The highest BCUT2D eigenvalue weighted by molar-refractivity contribution is 5.57. The molecule has 21 heavy (non-hydrogen) atoms. The molecule has 0 aliphatic heterocycles. The van der Waals surface area contributed by atoms with Crippen LogP contribution in [0.25, 0.3) is 17.3 Å². The third-order valence-electron chi connectivity index (χ3n) is 2.76. The first kappa shape index (κ1) is 13.0. The number of nitrogens with zero attached hydrogens (tertiary/aromatic N) is 6. The van der Waals surface area contributed by atoms with Gasteiger partial charge in [0, 0.05) is 31.2 Å². The van der Waals surface area contributed by atoms with E-state index < -0.39 is 0 Å². The lowest BCUT2D eigenvalue weighted by molar-refractivity contribution is 0.413. The van der Waals surface area contributed by atoms with E-state index in [0.717, 1.165) is 5.56 Å². The van der Waals surface area contributed by atoms with Crippen LogP contribution in [0, 0.1) is 0 Å². The molecule has 0 saturated heterocycles. The topological polar surface area (TPSA) is 90.6 Å². The summed E-state index contributed by atoms with van der Waals surface area (Å²) >= 11 is 0. The van der Waals surface area contributed by atoms with Crippen LogP contribution in [0.1, 0.15) is 0 Å². The molecular formula is C13H13N7O. The highest BCUT2D eigenvalue weighted by Gasteiger charge is 2.10. The summed E-state index contributed by atoms with van der Waals surface area (Å²) in [4.78, 5) is 17.1. The van der Waals surface area contributed by atoms with Crippen molar-refractivity contribution in [2.24, 2.45) is 0 Å². The highest BCUT2D eigenvalue weighted by Crippen LogP contribution is 2.20. The van der Waals surface area contributed by atoms with Crippen molar-refractivity contribution in [2.75, 3.05) is 19.5 Å². The molecule has 0 saturated carbocycles. The zero-order chi connectivity index (χ0) is 14.7.